The molecule has 0 fully saturated rings. The first kappa shape index (κ1) is 19.9. The first-order valence-corrected chi connectivity index (χ1v) is 9.41. The number of rotatable bonds is 8. The van der Waals surface area contributed by atoms with Crippen LogP contribution in [0.1, 0.15) is 30.4 Å². The van der Waals surface area contributed by atoms with Crippen molar-refractivity contribution in [1.29, 1.82) is 0 Å². The molecule has 2 atom stereocenters. The Kier molecular flexibility index (Phi) is 6.31. The minimum atomic E-state index is -1.14. The van der Waals surface area contributed by atoms with Gasteiger partial charge in [-0.2, -0.15) is 0 Å². The Bertz CT molecular complexity index is 805. The SMILES string of the molecule is CCCOCC(C(NC(=O)OC)C(=O)O)C1c2ccccc2-c2ccccc21. The molecule has 1 aliphatic rings. The second kappa shape index (κ2) is 8.89. The molecule has 148 valence electrons. The van der Waals surface area contributed by atoms with E-state index in [0.29, 0.717) is 6.61 Å². The summed E-state index contributed by atoms with van der Waals surface area (Å²) < 4.78 is 10.4. The van der Waals surface area contributed by atoms with Crippen LogP contribution in [0.25, 0.3) is 11.1 Å². The highest BCUT2D eigenvalue weighted by molar-refractivity contribution is 5.83. The first-order valence-electron chi connectivity index (χ1n) is 9.41. The average Bonchev–Trinajstić information content (AvgIpc) is 3.04. The van der Waals surface area contributed by atoms with Gasteiger partial charge in [0.05, 0.1) is 13.7 Å². The molecule has 0 aliphatic heterocycles. The van der Waals surface area contributed by atoms with Crippen LogP contribution in [0.4, 0.5) is 4.79 Å². The molecule has 2 N–H and O–H groups in total. The third kappa shape index (κ3) is 3.87. The number of nitrogens with one attached hydrogen (secondary N) is 1. The number of hydrogen-bond acceptors (Lipinski definition) is 4. The van der Waals surface area contributed by atoms with E-state index in [1.54, 1.807) is 0 Å². The van der Waals surface area contributed by atoms with Crippen LogP contribution in [0, 0.1) is 5.92 Å². The molecule has 0 saturated carbocycles. The van der Waals surface area contributed by atoms with E-state index >= 15 is 0 Å². The number of methoxy groups -OCH3 is 1. The van der Waals surface area contributed by atoms with Gasteiger partial charge in [-0.3, -0.25) is 0 Å². The van der Waals surface area contributed by atoms with Gasteiger partial charge < -0.3 is 19.9 Å². The Morgan fingerprint density at radius 1 is 1.07 bits per heavy atom. The van der Waals surface area contributed by atoms with Gasteiger partial charge in [0, 0.05) is 18.4 Å². The summed E-state index contributed by atoms with van der Waals surface area (Å²) in [6.07, 6.45) is 0.0552. The number of hydrogen-bond donors (Lipinski definition) is 2. The molecule has 1 amide bonds. The molecule has 0 radical (unpaired) electrons. The number of ether oxygens (including phenoxy) is 2. The van der Waals surface area contributed by atoms with Crippen LogP contribution in [0.3, 0.4) is 0 Å². The number of carbonyl (C=O) groups excluding carboxylic acids is 1. The third-order valence-corrected chi connectivity index (χ3v) is 5.12. The van der Waals surface area contributed by atoms with E-state index in [-0.39, 0.29) is 12.5 Å². The van der Waals surface area contributed by atoms with Gasteiger partial charge in [0.2, 0.25) is 0 Å². The van der Waals surface area contributed by atoms with Crippen LogP contribution >= 0.6 is 0 Å². The fourth-order valence-corrected chi connectivity index (χ4v) is 3.94. The Labute approximate surface area is 164 Å². The fourth-order valence-electron chi connectivity index (χ4n) is 3.94. The van der Waals surface area contributed by atoms with Crippen LogP contribution in [0.2, 0.25) is 0 Å². The maximum Gasteiger partial charge on any atom is 0.407 e. The lowest BCUT2D eigenvalue weighted by molar-refractivity contribution is -0.141. The van der Waals surface area contributed by atoms with E-state index in [2.05, 4.69) is 10.1 Å². The van der Waals surface area contributed by atoms with Crippen molar-refractivity contribution in [2.45, 2.75) is 25.3 Å². The zero-order valence-electron chi connectivity index (χ0n) is 16.1. The van der Waals surface area contributed by atoms with Crippen molar-refractivity contribution in [1.82, 2.24) is 5.32 Å². The zero-order chi connectivity index (χ0) is 20.1. The van der Waals surface area contributed by atoms with Crippen LogP contribution in [-0.2, 0) is 14.3 Å². The molecule has 2 aromatic carbocycles. The second-order valence-corrected chi connectivity index (χ2v) is 6.84. The molecule has 0 bridgehead atoms. The van der Waals surface area contributed by atoms with Crippen molar-refractivity contribution in [3.8, 4) is 11.1 Å². The molecule has 0 spiro atoms. The Balaban J connectivity index is 2.06. The third-order valence-electron chi connectivity index (χ3n) is 5.12. The number of amides is 1. The van der Waals surface area contributed by atoms with Crippen LogP contribution in [-0.4, -0.2) is 43.5 Å². The molecule has 0 aromatic heterocycles. The summed E-state index contributed by atoms with van der Waals surface area (Å²) in [6, 6.07) is 14.8. The Morgan fingerprint density at radius 2 is 1.64 bits per heavy atom. The molecule has 3 rings (SSSR count). The molecule has 2 aromatic rings. The molecule has 0 saturated heterocycles. The maximum absolute atomic E-state index is 12.1. The molecular weight excluding hydrogens is 358 g/mol. The normalized spacial score (nSPS) is 14.6. The molecule has 6 heteroatoms. The van der Waals surface area contributed by atoms with Gasteiger partial charge in [-0.25, -0.2) is 9.59 Å². The molecule has 28 heavy (non-hydrogen) atoms. The molecule has 0 heterocycles. The summed E-state index contributed by atoms with van der Waals surface area (Å²) in [6.45, 7) is 2.73. The highest BCUT2D eigenvalue weighted by Gasteiger charge is 2.41. The Morgan fingerprint density at radius 3 is 2.14 bits per heavy atom. The molecule has 1 aliphatic carbocycles. The van der Waals surface area contributed by atoms with Gasteiger partial charge in [0.25, 0.3) is 0 Å². The van der Waals surface area contributed by atoms with Crippen molar-refractivity contribution >= 4 is 12.1 Å². The quantitative estimate of drug-likeness (QED) is 0.680. The number of carboxylic acids is 1. The van der Waals surface area contributed by atoms with Crippen molar-refractivity contribution in [3.63, 3.8) is 0 Å². The second-order valence-electron chi connectivity index (χ2n) is 6.84. The maximum atomic E-state index is 12.1. The minimum absolute atomic E-state index is 0.206. The highest BCUT2D eigenvalue weighted by atomic mass is 16.5. The van der Waals surface area contributed by atoms with E-state index in [1.807, 2.05) is 55.5 Å². The number of alkyl carbamates (subject to hydrolysis) is 1. The predicted molar refractivity (Wildman–Crippen MR) is 105 cm³/mol. The Hall–Kier alpha value is -2.86. The van der Waals surface area contributed by atoms with Gasteiger partial charge in [-0.1, -0.05) is 55.5 Å². The minimum Gasteiger partial charge on any atom is -0.480 e. The molecule has 2 unspecified atom stereocenters. The van der Waals surface area contributed by atoms with Crippen molar-refractivity contribution in [2.75, 3.05) is 20.3 Å². The lowest BCUT2D eigenvalue weighted by Crippen LogP contribution is -2.49. The van der Waals surface area contributed by atoms with E-state index in [0.717, 1.165) is 28.7 Å². The lowest BCUT2D eigenvalue weighted by Gasteiger charge is -2.30. The zero-order valence-corrected chi connectivity index (χ0v) is 16.1. The summed E-state index contributed by atoms with van der Waals surface area (Å²) in [4.78, 5) is 23.9. The summed E-state index contributed by atoms with van der Waals surface area (Å²) in [5, 5.41) is 12.4. The first-order chi connectivity index (χ1) is 13.6. The molecule has 6 nitrogen and oxygen atoms in total. The van der Waals surface area contributed by atoms with Crippen molar-refractivity contribution in [3.05, 3.63) is 59.7 Å². The summed E-state index contributed by atoms with van der Waals surface area (Å²) in [5.41, 5.74) is 4.27. The fraction of sp³-hybridized carbons (Fsp3) is 0.364. The monoisotopic (exact) mass is 383 g/mol. The summed E-state index contributed by atoms with van der Waals surface area (Å²) in [7, 11) is 1.22. The smallest absolute Gasteiger partial charge is 0.407 e. The van der Waals surface area contributed by atoms with Crippen molar-refractivity contribution in [2.24, 2.45) is 5.92 Å². The van der Waals surface area contributed by atoms with Crippen LogP contribution in [0.5, 0.6) is 0 Å². The van der Waals surface area contributed by atoms with E-state index in [9.17, 15) is 14.7 Å². The van der Waals surface area contributed by atoms with Gasteiger partial charge in [0.15, 0.2) is 0 Å². The van der Waals surface area contributed by atoms with Gasteiger partial charge in [0.1, 0.15) is 6.04 Å². The number of carbonyl (C=O) groups is 2. The van der Waals surface area contributed by atoms with Gasteiger partial charge in [-0.05, 0) is 28.7 Å². The standard InChI is InChI=1S/C22H25NO5/c1-3-12-28-13-18(20(21(24)25)23-22(26)27-2)19-16-10-6-4-8-14(16)15-9-5-7-11-17(15)19/h4-11,18-20H,3,12-13H2,1-2H3,(H,23,26)(H,24,25). The average molecular weight is 383 g/mol. The topological polar surface area (TPSA) is 84.9 Å². The summed E-state index contributed by atoms with van der Waals surface area (Å²) in [5.74, 6) is -1.81. The van der Waals surface area contributed by atoms with E-state index in [4.69, 9.17) is 4.74 Å². The lowest BCUT2D eigenvalue weighted by atomic mass is 9.80. The van der Waals surface area contributed by atoms with Crippen LogP contribution < -0.4 is 5.32 Å². The van der Waals surface area contributed by atoms with Crippen LogP contribution in [0.15, 0.2) is 48.5 Å². The number of carboxylic acid groups (broad SMARTS) is 1. The van der Waals surface area contributed by atoms with Gasteiger partial charge in [-0.15, -0.1) is 0 Å². The highest BCUT2D eigenvalue weighted by Crippen LogP contribution is 2.48. The summed E-state index contributed by atoms with van der Waals surface area (Å²) >= 11 is 0. The van der Waals surface area contributed by atoms with Gasteiger partial charge >= 0.3 is 12.1 Å². The molecular formula is C22H25NO5. The largest absolute Gasteiger partial charge is 0.480 e. The number of fused-ring (bicyclic) bond motifs is 3. The predicted octanol–water partition coefficient (Wildman–Crippen LogP) is 3.65. The van der Waals surface area contributed by atoms with E-state index in [1.165, 1.54) is 7.11 Å². The number of aliphatic carboxylic acids is 1. The van der Waals surface area contributed by atoms with E-state index < -0.39 is 24.0 Å². The number of benzene rings is 2. The van der Waals surface area contributed by atoms with Crippen molar-refractivity contribution < 1.29 is 24.2 Å².